The van der Waals surface area contributed by atoms with Crippen molar-refractivity contribution in [2.24, 2.45) is 10.1 Å². The lowest BCUT2D eigenvalue weighted by molar-refractivity contribution is -0.137. The van der Waals surface area contributed by atoms with Gasteiger partial charge in [0.2, 0.25) is 0 Å². The predicted octanol–water partition coefficient (Wildman–Crippen LogP) is 2.71. The number of alkyl halides is 3. The molecular weight excluding hydrogens is 423 g/mol. The van der Waals surface area contributed by atoms with Gasteiger partial charge in [0.15, 0.2) is 0 Å². The molecule has 0 fully saturated rings. The molecule has 8 nitrogen and oxygen atoms in total. The number of fused-ring (bicyclic) bond motifs is 2. The Bertz CT molecular complexity index is 1140. The zero-order valence-electron chi connectivity index (χ0n) is 15.4. The minimum absolute atomic E-state index is 0.109. The Labute approximate surface area is 171 Å². The Kier molecular flexibility index (Phi) is 4.80. The Morgan fingerprint density at radius 1 is 1.33 bits per heavy atom. The van der Waals surface area contributed by atoms with Crippen molar-refractivity contribution in [3.05, 3.63) is 41.2 Å². The number of carbonyl (C=O) groups excluding carboxylic acids is 1. The first-order chi connectivity index (χ1) is 14.1. The second-order valence-corrected chi connectivity index (χ2v) is 7.81. The Hall–Kier alpha value is -3.28. The first-order valence-electron chi connectivity index (χ1n) is 8.67. The van der Waals surface area contributed by atoms with E-state index in [0.29, 0.717) is 9.71 Å². The molecule has 1 amide bonds. The fourth-order valence-electron chi connectivity index (χ4n) is 3.26. The highest BCUT2D eigenvalue weighted by atomic mass is 32.1. The van der Waals surface area contributed by atoms with Gasteiger partial charge in [-0.25, -0.2) is 9.99 Å². The van der Waals surface area contributed by atoms with Crippen LogP contribution in [0.2, 0.25) is 0 Å². The number of aromatic nitrogens is 1. The number of amides is 1. The summed E-state index contributed by atoms with van der Waals surface area (Å²) in [4.78, 5) is 34.1. The molecule has 30 heavy (non-hydrogen) atoms. The van der Waals surface area contributed by atoms with Crippen molar-refractivity contribution in [2.45, 2.75) is 25.2 Å². The van der Waals surface area contributed by atoms with Crippen molar-refractivity contribution in [1.29, 1.82) is 0 Å². The van der Waals surface area contributed by atoms with Crippen LogP contribution >= 0.6 is 11.3 Å². The van der Waals surface area contributed by atoms with E-state index in [0.717, 1.165) is 28.5 Å². The van der Waals surface area contributed by atoms with Crippen molar-refractivity contribution < 1.29 is 27.9 Å². The van der Waals surface area contributed by atoms with Gasteiger partial charge >= 0.3 is 12.1 Å². The number of aliphatic imine (C=N–C) groups is 1. The maximum atomic E-state index is 12.9. The molecule has 156 valence electrons. The molecule has 0 saturated carbocycles. The third-order valence-electron chi connectivity index (χ3n) is 4.58. The van der Waals surface area contributed by atoms with Gasteiger partial charge in [0, 0.05) is 19.4 Å². The highest BCUT2D eigenvalue weighted by molar-refractivity contribution is 7.18. The third kappa shape index (κ3) is 3.65. The maximum absolute atomic E-state index is 12.9. The molecule has 1 atom stereocenters. The van der Waals surface area contributed by atoms with Gasteiger partial charge in [-0.2, -0.15) is 18.3 Å². The number of aliphatic carboxylic acids is 1. The van der Waals surface area contributed by atoms with Crippen molar-refractivity contribution >= 4 is 44.9 Å². The lowest BCUT2D eigenvalue weighted by Crippen LogP contribution is -2.54. The molecule has 1 aromatic carbocycles. The minimum Gasteiger partial charge on any atom is -0.481 e. The second kappa shape index (κ2) is 7.20. The SMILES string of the molecule is CN1C=CN=C2C(=O)N(Cc3nc4cc(C(F)(F)F)ccc4s3)N=C(CC(=O)O)C21. The van der Waals surface area contributed by atoms with Gasteiger partial charge in [-0.05, 0) is 18.2 Å². The number of carboxylic acid groups (broad SMARTS) is 1. The molecule has 2 aliphatic heterocycles. The molecule has 1 unspecified atom stereocenters. The molecule has 12 heteroatoms. The van der Waals surface area contributed by atoms with Crippen molar-refractivity contribution in [3.8, 4) is 0 Å². The summed E-state index contributed by atoms with van der Waals surface area (Å²) in [7, 11) is 1.68. The molecule has 2 aromatic rings. The lowest BCUT2D eigenvalue weighted by atomic mass is 9.99. The topological polar surface area (TPSA) is 98.5 Å². The van der Waals surface area contributed by atoms with Crippen LogP contribution in [0.15, 0.2) is 40.7 Å². The highest BCUT2D eigenvalue weighted by Gasteiger charge is 2.40. The molecule has 0 saturated heterocycles. The van der Waals surface area contributed by atoms with Crippen LogP contribution in [0, 0.1) is 0 Å². The van der Waals surface area contributed by atoms with E-state index < -0.39 is 29.7 Å². The van der Waals surface area contributed by atoms with E-state index in [1.807, 2.05) is 0 Å². The summed E-state index contributed by atoms with van der Waals surface area (Å²) in [5.41, 5.74) is -0.281. The van der Waals surface area contributed by atoms with Crippen LogP contribution < -0.4 is 0 Å². The van der Waals surface area contributed by atoms with E-state index in [9.17, 15) is 27.9 Å². The largest absolute Gasteiger partial charge is 0.481 e. The van der Waals surface area contributed by atoms with Crippen LogP contribution in [0.25, 0.3) is 10.2 Å². The number of hydrogen-bond acceptors (Lipinski definition) is 7. The first kappa shape index (κ1) is 20.0. The number of rotatable bonds is 4. The van der Waals surface area contributed by atoms with Gasteiger partial charge in [-0.3, -0.25) is 14.6 Å². The van der Waals surface area contributed by atoms with Crippen LogP contribution in [-0.2, 0) is 22.3 Å². The summed E-state index contributed by atoms with van der Waals surface area (Å²) >= 11 is 1.14. The van der Waals surface area contributed by atoms with Crippen molar-refractivity contribution in [1.82, 2.24) is 14.9 Å². The molecule has 4 rings (SSSR count). The second-order valence-electron chi connectivity index (χ2n) is 6.69. The lowest BCUT2D eigenvalue weighted by Gasteiger charge is -2.35. The average molecular weight is 437 g/mol. The summed E-state index contributed by atoms with van der Waals surface area (Å²) in [6.45, 7) is -0.109. The fourth-order valence-corrected chi connectivity index (χ4v) is 4.19. The number of hydrogen-bond donors (Lipinski definition) is 1. The molecule has 0 radical (unpaired) electrons. The number of thiazole rings is 1. The van der Waals surface area contributed by atoms with Crippen molar-refractivity contribution in [2.75, 3.05) is 7.05 Å². The van der Waals surface area contributed by atoms with E-state index >= 15 is 0 Å². The number of benzene rings is 1. The summed E-state index contributed by atoms with van der Waals surface area (Å²) in [5.74, 6) is -1.62. The molecule has 1 aromatic heterocycles. The summed E-state index contributed by atoms with van der Waals surface area (Å²) in [5, 5.41) is 14.8. The Morgan fingerprint density at radius 2 is 2.10 bits per heavy atom. The number of hydrazone groups is 1. The van der Waals surface area contributed by atoms with Crippen LogP contribution in [-0.4, -0.2) is 56.4 Å². The quantitative estimate of drug-likeness (QED) is 0.793. The third-order valence-corrected chi connectivity index (χ3v) is 5.60. The monoisotopic (exact) mass is 437 g/mol. The predicted molar refractivity (Wildman–Crippen MR) is 103 cm³/mol. The molecule has 0 spiro atoms. The molecular formula is C18H14F3N5O3S. The summed E-state index contributed by atoms with van der Waals surface area (Å²) < 4.78 is 39.3. The fraction of sp³-hybridized carbons (Fsp3) is 0.278. The van der Waals surface area contributed by atoms with E-state index in [4.69, 9.17) is 0 Å². The number of nitrogens with zero attached hydrogens (tertiary/aromatic N) is 5. The normalized spacial score (nSPS) is 19.1. The number of carbonyl (C=O) groups is 2. The molecule has 0 aliphatic carbocycles. The Morgan fingerprint density at radius 3 is 2.80 bits per heavy atom. The molecule has 3 heterocycles. The number of halogens is 3. The average Bonchev–Trinajstić information content (AvgIpc) is 3.05. The van der Waals surface area contributed by atoms with Crippen molar-refractivity contribution in [3.63, 3.8) is 0 Å². The molecule has 2 aliphatic rings. The highest BCUT2D eigenvalue weighted by Crippen LogP contribution is 2.33. The standard InChI is InChI=1S/C18H14F3N5O3S/c1-25-5-4-22-15-16(25)11(7-14(27)28)24-26(17(15)29)8-13-23-10-6-9(18(19,20)21)2-3-12(10)30-13/h2-6,16H,7-8H2,1H3,(H,27,28). The minimum atomic E-state index is -4.48. The smallest absolute Gasteiger partial charge is 0.416 e. The zero-order chi connectivity index (χ0) is 21.6. The maximum Gasteiger partial charge on any atom is 0.416 e. The molecule has 1 N–H and O–H groups in total. The van der Waals surface area contributed by atoms with Gasteiger partial charge in [-0.15, -0.1) is 11.3 Å². The van der Waals surface area contributed by atoms with Gasteiger partial charge in [0.25, 0.3) is 5.91 Å². The van der Waals surface area contributed by atoms with Crippen LogP contribution in [0.1, 0.15) is 17.0 Å². The van der Waals surface area contributed by atoms with E-state index in [-0.39, 0.29) is 29.9 Å². The van der Waals surface area contributed by atoms with Gasteiger partial charge in [0.1, 0.15) is 16.8 Å². The number of carboxylic acids is 1. The van der Waals surface area contributed by atoms with Crippen LogP contribution in [0.4, 0.5) is 13.2 Å². The van der Waals surface area contributed by atoms with Crippen LogP contribution in [0.5, 0.6) is 0 Å². The van der Waals surface area contributed by atoms with E-state index in [2.05, 4.69) is 15.1 Å². The van der Waals surface area contributed by atoms with Gasteiger partial charge in [0.05, 0.1) is 34.5 Å². The zero-order valence-corrected chi connectivity index (χ0v) is 16.2. The molecule has 0 bridgehead atoms. The summed E-state index contributed by atoms with van der Waals surface area (Å²) in [6.07, 6.45) is -1.83. The van der Waals surface area contributed by atoms with Crippen LogP contribution in [0.3, 0.4) is 0 Å². The first-order valence-corrected chi connectivity index (χ1v) is 9.49. The van der Waals surface area contributed by atoms with Gasteiger partial charge < -0.3 is 10.0 Å². The van der Waals surface area contributed by atoms with E-state index in [1.54, 1.807) is 18.1 Å². The summed E-state index contributed by atoms with van der Waals surface area (Å²) in [6, 6.07) is 2.58. The van der Waals surface area contributed by atoms with E-state index in [1.165, 1.54) is 12.3 Å². The Balaban J connectivity index is 1.67. The van der Waals surface area contributed by atoms with Gasteiger partial charge in [-0.1, -0.05) is 0 Å².